The van der Waals surface area contributed by atoms with E-state index in [0.29, 0.717) is 18.2 Å². The van der Waals surface area contributed by atoms with Crippen molar-refractivity contribution in [2.45, 2.75) is 50.8 Å². The molecule has 1 aromatic rings. The molecule has 0 saturated heterocycles. The van der Waals surface area contributed by atoms with Crippen LogP contribution in [0.4, 0.5) is 0 Å². The van der Waals surface area contributed by atoms with Gasteiger partial charge in [0.25, 0.3) is 0 Å². The van der Waals surface area contributed by atoms with E-state index in [4.69, 9.17) is 4.74 Å². The van der Waals surface area contributed by atoms with Crippen LogP contribution >= 0.6 is 0 Å². The van der Waals surface area contributed by atoms with Crippen LogP contribution in [0, 0.1) is 0 Å². The van der Waals surface area contributed by atoms with Gasteiger partial charge in [-0.15, -0.1) is 0 Å². The number of rotatable bonds is 4. The van der Waals surface area contributed by atoms with Gasteiger partial charge >= 0.3 is 0 Å². The molecule has 1 aliphatic rings. The second-order valence-corrected chi connectivity index (χ2v) is 4.86. The van der Waals surface area contributed by atoms with Crippen LogP contribution in [0.25, 0.3) is 0 Å². The Hall–Kier alpha value is -0.930. The Morgan fingerprint density at radius 1 is 1.41 bits per heavy atom. The minimum atomic E-state index is 0.316. The molecule has 1 N–H and O–H groups in total. The van der Waals surface area contributed by atoms with Crippen LogP contribution in [0.15, 0.2) is 24.4 Å². The maximum absolute atomic E-state index is 5.45. The van der Waals surface area contributed by atoms with Crippen molar-refractivity contribution in [2.24, 2.45) is 0 Å². The number of hydrogen-bond acceptors (Lipinski definition) is 3. The van der Waals surface area contributed by atoms with Crippen LogP contribution in [-0.4, -0.2) is 24.2 Å². The summed E-state index contributed by atoms with van der Waals surface area (Å²) in [6.45, 7) is 2.18. The predicted octanol–water partition coefficient (Wildman–Crippen LogP) is 2.69. The summed E-state index contributed by atoms with van der Waals surface area (Å²) < 4.78 is 5.45. The number of hydrogen-bond donors (Lipinski definition) is 1. The molecule has 3 nitrogen and oxygen atoms in total. The third-order valence-electron chi connectivity index (χ3n) is 3.58. The first-order chi connectivity index (χ1) is 8.29. The zero-order chi connectivity index (χ0) is 12.1. The lowest BCUT2D eigenvalue weighted by Crippen LogP contribution is -2.38. The summed E-state index contributed by atoms with van der Waals surface area (Å²) in [5.41, 5.74) is 1.12. The molecule has 2 unspecified atom stereocenters. The molecule has 0 spiro atoms. The average Bonchev–Trinajstić information content (AvgIpc) is 2.40. The lowest BCUT2D eigenvalue weighted by molar-refractivity contribution is 0.0571. The van der Waals surface area contributed by atoms with Crippen molar-refractivity contribution >= 4 is 0 Å². The van der Waals surface area contributed by atoms with Crippen LogP contribution in [0.1, 0.15) is 44.3 Å². The van der Waals surface area contributed by atoms with Gasteiger partial charge in [0.1, 0.15) is 0 Å². The van der Waals surface area contributed by atoms with E-state index < -0.39 is 0 Å². The molecule has 0 bridgehead atoms. The summed E-state index contributed by atoms with van der Waals surface area (Å²) in [4.78, 5) is 4.39. The molecule has 94 valence electrons. The van der Waals surface area contributed by atoms with E-state index in [0.717, 1.165) is 12.1 Å². The van der Waals surface area contributed by atoms with Crippen molar-refractivity contribution in [1.29, 1.82) is 0 Å². The van der Waals surface area contributed by atoms with E-state index >= 15 is 0 Å². The predicted molar refractivity (Wildman–Crippen MR) is 68.8 cm³/mol. The minimum absolute atomic E-state index is 0.316. The molecule has 3 atom stereocenters. The van der Waals surface area contributed by atoms with Gasteiger partial charge in [-0.2, -0.15) is 0 Å². The fourth-order valence-electron chi connectivity index (χ4n) is 2.58. The fraction of sp³-hybridized carbons (Fsp3) is 0.643. The van der Waals surface area contributed by atoms with Gasteiger partial charge < -0.3 is 10.1 Å². The second kappa shape index (κ2) is 6.12. The Labute approximate surface area is 104 Å². The first-order valence-corrected chi connectivity index (χ1v) is 6.49. The monoisotopic (exact) mass is 234 g/mol. The molecule has 1 fully saturated rings. The molecule has 2 rings (SSSR count). The molecule has 0 amide bonds. The molecular weight excluding hydrogens is 212 g/mol. The van der Waals surface area contributed by atoms with E-state index in [-0.39, 0.29) is 0 Å². The zero-order valence-electron chi connectivity index (χ0n) is 10.7. The number of nitrogens with one attached hydrogen (secondary N) is 1. The number of aromatic nitrogens is 1. The smallest absolute Gasteiger partial charge is 0.0586 e. The quantitative estimate of drug-likeness (QED) is 0.869. The van der Waals surface area contributed by atoms with Gasteiger partial charge in [-0.05, 0) is 44.7 Å². The molecule has 1 saturated carbocycles. The van der Waals surface area contributed by atoms with Gasteiger partial charge in [-0.3, -0.25) is 4.98 Å². The van der Waals surface area contributed by atoms with E-state index in [1.165, 1.54) is 19.3 Å². The van der Waals surface area contributed by atoms with Gasteiger partial charge in [0, 0.05) is 25.4 Å². The van der Waals surface area contributed by atoms with E-state index in [1.807, 2.05) is 25.4 Å². The van der Waals surface area contributed by atoms with Crippen molar-refractivity contribution in [3.05, 3.63) is 30.1 Å². The topological polar surface area (TPSA) is 34.1 Å². The number of nitrogens with zero attached hydrogens (tertiary/aromatic N) is 1. The summed E-state index contributed by atoms with van der Waals surface area (Å²) >= 11 is 0. The van der Waals surface area contributed by atoms with Gasteiger partial charge in [0.15, 0.2) is 0 Å². The zero-order valence-corrected chi connectivity index (χ0v) is 10.7. The Bertz CT molecular complexity index is 328. The second-order valence-electron chi connectivity index (χ2n) is 4.86. The Kier molecular flexibility index (Phi) is 4.51. The van der Waals surface area contributed by atoms with Crippen LogP contribution in [0.5, 0.6) is 0 Å². The number of methoxy groups -OCH3 is 1. The SMILES string of the molecule is COC1CCCC(N[C@H](C)c2ccccn2)C1. The van der Waals surface area contributed by atoms with Gasteiger partial charge in [0.05, 0.1) is 11.8 Å². The summed E-state index contributed by atoms with van der Waals surface area (Å²) in [6.07, 6.45) is 7.10. The third kappa shape index (κ3) is 3.51. The van der Waals surface area contributed by atoms with E-state index in [9.17, 15) is 0 Å². The highest BCUT2D eigenvalue weighted by atomic mass is 16.5. The maximum Gasteiger partial charge on any atom is 0.0586 e. The fourth-order valence-corrected chi connectivity index (χ4v) is 2.58. The summed E-state index contributed by atoms with van der Waals surface area (Å²) in [5, 5.41) is 3.66. The highest BCUT2D eigenvalue weighted by Gasteiger charge is 2.23. The largest absolute Gasteiger partial charge is 0.381 e. The van der Waals surface area contributed by atoms with Crippen molar-refractivity contribution in [3.63, 3.8) is 0 Å². The highest BCUT2D eigenvalue weighted by molar-refractivity contribution is 5.08. The van der Waals surface area contributed by atoms with Crippen LogP contribution in [0.2, 0.25) is 0 Å². The lowest BCUT2D eigenvalue weighted by Gasteiger charge is -2.31. The molecule has 17 heavy (non-hydrogen) atoms. The average molecular weight is 234 g/mol. The lowest BCUT2D eigenvalue weighted by atomic mass is 9.92. The summed E-state index contributed by atoms with van der Waals surface area (Å²) in [5.74, 6) is 0. The molecule has 0 radical (unpaired) electrons. The van der Waals surface area contributed by atoms with Crippen molar-refractivity contribution in [3.8, 4) is 0 Å². The maximum atomic E-state index is 5.45. The van der Waals surface area contributed by atoms with Crippen LogP contribution < -0.4 is 5.32 Å². The first-order valence-electron chi connectivity index (χ1n) is 6.49. The van der Waals surface area contributed by atoms with E-state index in [2.05, 4.69) is 23.3 Å². The van der Waals surface area contributed by atoms with Crippen molar-refractivity contribution in [1.82, 2.24) is 10.3 Å². The summed E-state index contributed by atoms with van der Waals surface area (Å²) in [6, 6.07) is 6.95. The Balaban J connectivity index is 1.88. The Morgan fingerprint density at radius 3 is 3.00 bits per heavy atom. The van der Waals surface area contributed by atoms with E-state index in [1.54, 1.807) is 0 Å². The first kappa shape index (κ1) is 12.5. The molecule has 1 aromatic heterocycles. The standard InChI is InChI=1S/C14H22N2O/c1-11(14-8-3-4-9-15-14)16-12-6-5-7-13(10-12)17-2/h3-4,8-9,11-13,16H,5-7,10H2,1-2H3/t11-,12?,13?/m1/s1. The number of ether oxygens (including phenoxy) is 1. The number of pyridine rings is 1. The molecular formula is C14H22N2O. The Morgan fingerprint density at radius 2 is 2.29 bits per heavy atom. The molecule has 1 heterocycles. The highest BCUT2D eigenvalue weighted by Crippen LogP contribution is 2.22. The normalized spacial score (nSPS) is 26.7. The molecule has 3 heteroatoms. The van der Waals surface area contributed by atoms with Gasteiger partial charge in [0.2, 0.25) is 0 Å². The third-order valence-corrected chi connectivity index (χ3v) is 3.58. The van der Waals surface area contributed by atoms with Crippen molar-refractivity contribution < 1.29 is 4.74 Å². The summed E-state index contributed by atoms with van der Waals surface area (Å²) in [7, 11) is 1.81. The molecule has 0 aliphatic heterocycles. The molecule has 0 aromatic carbocycles. The molecule has 1 aliphatic carbocycles. The van der Waals surface area contributed by atoms with Crippen LogP contribution in [0.3, 0.4) is 0 Å². The van der Waals surface area contributed by atoms with Crippen molar-refractivity contribution in [2.75, 3.05) is 7.11 Å². The minimum Gasteiger partial charge on any atom is -0.381 e. The van der Waals surface area contributed by atoms with Gasteiger partial charge in [-0.1, -0.05) is 6.07 Å². The van der Waals surface area contributed by atoms with Crippen LogP contribution in [-0.2, 0) is 4.74 Å². The van der Waals surface area contributed by atoms with Gasteiger partial charge in [-0.25, -0.2) is 0 Å².